The number of quaternary nitrogens is 1. The second-order valence-electron chi connectivity index (χ2n) is 6.73. The Balaban J connectivity index is 1.97. The first-order valence-electron chi connectivity index (χ1n) is 8.57. The maximum absolute atomic E-state index is 12.8. The number of aryl methyl sites for hydroxylation is 1. The molecule has 3 heterocycles. The summed E-state index contributed by atoms with van der Waals surface area (Å²) in [7, 11) is 4.06. The molecule has 0 unspecified atom stereocenters. The van der Waals surface area contributed by atoms with Crippen molar-refractivity contribution in [1.82, 2.24) is 4.90 Å². The molecule has 0 bridgehead atoms. The van der Waals surface area contributed by atoms with Crippen molar-refractivity contribution < 1.29 is 28.4 Å². The van der Waals surface area contributed by atoms with E-state index in [0.717, 1.165) is 13.0 Å². The van der Waals surface area contributed by atoms with E-state index in [9.17, 15) is 14.7 Å². The molecule has 26 heavy (non-hydrogen) atoms. The minimum atomic E-state index is -0.758. The molecule has 1 aliphatic rings. The minimum Gasteiger partial charge on any atom is -0.503 e. The first-order chi connectivity index (χ1) is 12.4. The number of hydrogen-bond acceptors (Lipinski definition) is 5. The van der Waals surface area contributed by atoms with Crippen LogP contribution in [0.15, 0.2) is 50.7 Å². The molecule has 1 aliphatic heterocycles. The lowest BCUT2D eigenvalue weighted by Crippen LogP contribution is -3.05. The molecule has 138 valence electrons. The Morgan fingerprint density at radius 1 is 1.31 bits per heavy atom. The fraction of sp³-hybridized carbons (Fsp3) is 0.368. The van der Waals surface area contributed by atoms with Gasteiger partial charge in [0.1, 0.15) is 17.6 Å². The smallest absolute Gasteiger partial charge is 0.290 e. The van der Waals surface area contributed by atoms with Gasteiger partial charge in [-0.2, -0.15) is 0 Å². The molecule has 7 heteroatoms. The summed E-state index contributed by atoms with van der Waals surface area (Å²) < 4.78 is 10.9. The molecular weight excluding hydrogens is 336 g/mol. The minimum absolute atomic E-state index is 0.00324. The highest BCUT2D eigenvalue weighted by atomic mass is 16.3. The van der Waals surface area contributed by atoms with Gasteiger partial charge in [0.15, 0.2) is 11.5 Å². The number of nitrogens with one attached hydrogen (secondary N) is 1. The van der Waals surface area contributed by atoms with Gasteiger partial charge in [0.05, 0.1) is 32.5 Å². The average molecular weight is 359 g/mol. The van der Waals surface area contributed by atoms with Crippen molar-refractivity contribution in [3.05, 3.63) is 59.1 Å². The predicted molar refractivity (Wildman–Crippen MR) is 92.9 cm³/mol. The molecular formula is C19H23N2O5+. The summed E-state index contributed by atoms with van der Waals surface area (Å²) in [6, 6.07) is 5.84. The predicted octanol–water partition coefficient (Wildman–Crippen LogP) is 1.29. The van der Waals surface area contributed by atoms with Crippen LogP contribution in [0, 0.1) is 6.92 Å². The second-order valence-corrected chi connectivity index (χ2v) is 6.73. The standard InChI is InChI=1S/C19H22N2O5/c1-12-7-8-13(26-12)16-15(17(22)14-6-4-11-25-14)18(23)19(24)21(16)10-5-9-20(2)3/h4,6-8,11,16,23H,5,9-10H2,1-3H3/p+1/t16-/m0/s1. The van der Waals surface area contributed by atoms with Gasteiger partial charge in [-0.15, -0.1) is 0 Å². The Bertz CT molecular complexity index is 832. The van der Waals surface area contributed by atoms with Gasteiger partial charge in [-0.1, -0.05) is 0 Å². The van der Waals surface area contributed by atoms with Crippen molar-refractivity contribution in [3.63, 3.8) is 0 Å². The number of carbonyl (C=O) groups excluding carboxylic acids is 2. The first kappa shape index (κ1) is 18.0. The molecule has 3 rings (SSSR count). The third kappa shape index (κ3) is 3.30. The van der Waals surface area contributed by atoms with Crippen molar-refractivity contribution in [1.29, 1.82) is 0 Å². The van der Waals surface area contributed by atoms with Gasteiger partial charge < -0.3 is 23.7 Å². The van der Waals surface area contributed by atoms with E-state index < -0.39 is 23.5 Å². The summed E-state index contributed by atoms with van der Waals surface area (Å²) in [5.74, 6) is -0.420. The molecule has 0 saturated heterocycles. The van der Waals surface area contributed by atoms with Crippen LogP contribution in [0.25, 0.3) is 0 Å². The maximum atomic E-state index is 12.8. The van der Waals surface area contributed by atoms with Crippen LogP contribution in [0.1, 0.15) is 34.5 Å². The van der Waals surface area contributed by atoms with E-state index in [-0.39, 0.29) is 11.3 Å². The van der Waals surface area contributed by atoms with Gasteiger partial charge in [0.2, 0.25) is 5.78 Å². The highest BCUT2D eigenvalue weighted by molar-refractivity contribution is 6.14. The number of hydrogen-bond donors (Lipinski definition) is 2. The highest BCUT2D eigenvalue weighted by Gasteiger charge is 2.45. The average Bonchev–Trinajstić information content (AvgIpc) is 3.30. The van der Waals surface area contributed by atoms with Gasteiger partial charge in [0.25, 0.3) is 5.91 Å². The number of furan rings is 2. The van der Waals surface area contributed by atoms with E-state index in [0.29, 0.717) is 18.1 Å². The number of aliphatic hydroxyl groups is 1. The van der Waals surface area contributed by atoms with Gasteiger partial charge in [-0.25, -0.2) is 0 Å². The third-order valence-corrected chi connectivity index (χ3v) is 4.40. The molecule has 2 aromatic rings. The lowest BCUT2D eigenvalue weighted by molar-refractivity contribution is -0.858. The Morgan fingerprint density at radius 2 is 2.08 bits per heavy atom. The molecule has 1 atom stereocenters. The lowest BCUT2D eigenvalue weighted by atomic mass is 9.99. The van der Waals surface area contributed by atoms with Crippen molar-refractivity contribution >= 4 is 11.7 Å². The van der Waals surface area contributed by atoms with Crippen LogP contribution in [0.4, 0.5) is 0 Å². The number of aliphatic hydroxyl groups excluding tert-OH is 1. The number of ketones is 1. The van der Waals surface area contributed by atoms with Gasteiger partial charge in [-0.3, -0.25) is 9.59 Å². The van der Waals surface area contributed by atoms with E-state index >= 15 is 0 Å². The van der Waals surface area contributed by atoms with Crippen LogP contribution in [0.3, 0.4) is 0 Å². The Labute approximate surface area is 151 Å². The molecule has 0 fully saturated rings. The molecule has 2 N–H and O–H groups in total. The van der Waals surface area contributed by atoms with Crippen molar-refractivity contribution in [2.75, 3.05) is 27.2 Å². The van der Waals surface area contributed by atoms with Gasteiger partial charge in [-0.05, 0) is 31.2 Å². The van der Waals surface area contributed by atoms with Gasteiger partial charge >= 0.3 is 0 Å². The second kappa shape index (κ2) is 7.21. The summed E-state index contributed by atoms with van der Waals surface area (Å²) in [4.78, 5) is 28.2. The summed E-state index contributed by atoms with van der Waals surface area (Å²) in [6.07, 6.45) is 2.12. The number of rotatable bonds is 7. The van der Waals surface area contributed by atoms with E-state index in [1.807, 2.05) is 14.1 Å². The van der Waals surface area contributed by atoms with Gasteiger partial charge in [0, 0.05) is 13.0 Å². The molecule has 0 radical (unpaired) electrons. The van der Waals surface area contributed by atoms with Crippen LogP contribution < -0.4 is 4.90 Å². The lowest BCUT2D eigenvalue weighted by Gasteiger charge is -2.24. The zero-order chi connectivity index (χ0) is 18.8. The summed E-state index contributed by atoms with van der Waals surface area (Å²) in [6.45, 7) is 3.06. The van der Waals surface area contributed by atoms with Crippen molar-refractivity contribution in [3.8, 4) is 0 Å². The van der Waals surface area contributed by atoms with Crippen molar-refractivity contribution in [2.45, 2.75) is 19.4 Å². The summed E-state index contributed by atoms with van der Waals surface area (Å²) >= 11 is 0. The van der Waals surface area contributed by atoms with Crippen LogP contribution in [-0.2, 0) is 4.79 Å². The molecule has 0 aromatic carbocycles. The number of amides is 1. The number of nitrogens with zero attached hydrogens (tertiary/aromatic N) is 1. The summed E-state index contributed by atoms with van der Waals surface area (Å²) in [5.41, 5.74) is -0.00324. The van der Waals surface area contributed by atoms with E-state index in [4.69, 9.17) is 8.83 Å². The molecule has 2 aromatic heterocycles. The van der Waals surface area contributed by atoms with Crippen LogP contribution >= 0.6 is 0 Å². The molecule has 0 spiro atoms. The first-order valence-corrected chi connectivity index (χ1v) is 8.57. The molecule has 0 saturated carbocycles. The maximum Gasteiger partial charge on any atom is 0.290 e. The number of Topliss-reactive ketones (excluding diaryl/α,β-unsaturated/α-hetero) is 1. The summed E-state index contributed by atoms with van der Waals surface area (Å²) in [5, 5.41) is 10.4. The normalized spacial score (nSPS) is 17.6. The SMILES string of the molecule is Cc1ccc([C@H]2C(C(=O)c3ccco3)=C(O)C(=O)N2CCC[NH+](C)C)o1. The Kier molecular flexibility index (Phi) is 4.99. The van der Waals surface area contributed by atoms with E-state index in [2.05, 4.69) is 0 Å². The van der Waals surface area contributed by atoms with Crippen LogP contribution in [0.2, 0.25) is 0 Å². The number of carbonyl (C=O) groups is 2. The highest BCUT2D eigenvalue weighted by Crippen LogP contribution is 2.39. The van der Waals surface area contributed by atoms with Crippen LogP contribution in [-0.4, -0.2) is 48.9 Å². The Morgan fingerprint density at radius 3 is 2.65 bits per heavy atom. The Hall–Kier alpha value is -2.80. The molecule has 1 amide bonds. The third-order valence-electron chi connectivity index (χ3n) is 4.40. The van der Waals surface area contributed by atoms with E-state index in [1.54, 1.807) is 25.1 Å². The van der Waals surface area contributed by atoms with E-state index in [1.165, 1.54) is 22.1 Å². The topological polar surface area (TPSA) is 88.3 Å². The zero-order valence-corrected chi connectivity index (χ0v) is 15.1. The molecule has 0 aliphatic carbocycles. The largest absolute Gasteiger partial charge is 0.503 e. The monoisotopic (exact) mass is 359 g/mol. The molecule has 7 nitrogen and oxygen atoms in total. The fourth-order valence-corrected chi connectivity index (χ4v) is 3.16. The quantitative estimate of drug-likeness (QED) is 0.728. The van der Waals surface area contributed by atoms with Crippen molar-refractivity contribution in [2.24, 2.45) is 0 Å². The fourth-order valence-electron chi connectivity index (χ4n) is 3.16. The van der Waals surface area contributed by atoms with Crippen LogP contribution in [0.5, 0.6) is 0 Å². The zero-order valence-electron chi connectivity index (χ0n) is 15.1.